The SMILES string of the molecule is CCCCOc1ccc(C2CCC([C@H]3CC[C@H](C=O)CC3)CC2)c(F)c1F. The molecular weight excluding hydrogens is 346 g/mol. The second-order valence-electron chi connectivity index (χ2n) is 8.41. The predicted molar refractivity (Wildman–Crippen MR) is 103 cm³/mol. The third-order valence-corrected chi connectivity index (χ3v) is 6.72. The molecule has 0 N–H and O–H groups in total. The van der Waals surface area contributed by atoms with Crippen LogP contribution in [0.2, 0.25) is 0 Å². The molecule has 2 saturated carbocycles. The molecule has 27 heavy (non-hydrogen) atoms. The van der Waals surface area contributed by atoms with E-state index in [2.05, 4.69) is 0 Å². The fraction of sp³-hybridized carbons (Fsp3) is 0.696. The zero-order valence-corrected chi connectivity index (χ0v) is 16.4. The molecule has 0 aliphatic heterocycles. The van der Waals surface area contributed by atoms with Crippen LogP contribution in [0.1, 0.15) is 82.6 Å². The maximum atomic E-state index is 14.6. The Morgan fingerprint density at radius 2 is 1.59 bits per heavy atom. The van der Waals surface area contributed by atoms with Gasteiger partial charge in [-0.2, -0.15) is 4.39 Å². The largest absolute Gasteiger partial charge is 0.490 e. The summed E-state index contributed by atoms with van der Waals surface area (Å²) in [7, 11) is 0. The van der Waals surface area contributed by atoms with E-state index in [1.807, 2.05) is 6.92 Å². The first kappa shape index (κ1) is 20.3. The highest BCUT2D eigenvalue weighted by Crippen LogP contribution is 2.44. The summed E-state index contributed by atoms with van der Waals surface area (Å²) in [5.41, 5.74) is 0.512. The van der Waals surface area contributed by atoms with Crippen molar-refractivity contribution >= 4 is 6.29 Å². The second-order valence-corrected chi connectivity index (χ2v) is 8.41. The van der Waals surface area contributed by atoms with Crippen LogP contribution >= 0.6 is 0 Å². The Balaban J connectivity index is 1.56. The number of aldehydes is 1. The third kappa shape index (κ3) is 4.89. The van der Waals surface area contributed by atoms with Crippen LogP contribution in [0.3, 0.4) is 0 Å². The average Bonchev–Trinajstić information content (AvgIpc) is 2.72. The summed E-state index contributed by atoms with van der Waals surface area (Å²) in [6, 6.07) is 3.32. The molecule has 0 aromatic heterocycles. The predicted octanol–water partition coefficient (Wildman–Crippen LogP) is 6.42. The number of benzene rings is 1. The molecular formula is C23H32F2O2. The van der Waals surface area contributed by atoms with Crippen molar-refractivity contribution in [3.05, 3.63) is 29.3 Å². The normalized spacial score (nSPS) is 28.7. The van der Waals surface area contributed by atoms with Gasteiger partial charge in [0.1, 0.15) is 6.29 Å². The van der Waals surface area contributed by atoms with Crippen molar-refractivity contribution in [1.29, 1.82) is 0 Å². The molecule has 2 fully saturated rings. The number of rotatable bonds is 7. The molecule has 0 heterocycles. The molecule has 3 rings (SSSR count). The summed E-state index contributed by atoms with van der Waals surface area (Å²) >= 11 is 0. The summed E-state index contributed by atoms with van der Waals surface area (Å²) in [6.45, 7) is 2.46. The minimum Gasteiger partial charge on any atom is -0.490 e. The van der Waals surface area contributed by atoms with Crippen LogP contribution in [0.25, 0.3) is 0 Å². The van der Waals surface area contributed by atoms with Gasteiger partial charge in [-0.05, 0) is 87.2 Å². The van der Waals surface area contributed by atoms with Crippen molar-refractivity contribution in [3.63, 3.8) is 0 Å². The lowest BCUT2D eigenvalue weighted by atomic mass is 9.68. The molecule has 0 amide bonds. The number of carbonyl (C=O) groups is 1. The highest BCUT2D eigenvalue weighted by Gasteiger charge is 2.32. The lowest BCUT2D eigenvalue weighted by Crippen LogP contribution is -2.26. The topological polar surface area (TPSA) is 26.3 Å². The van der Waals surface area contributed by atoms with Gasteiger partial charge in [-0.25, -0.2) is 4.39 Å². The molecule has 2 aliphatic carbocycles. The molecule has 0 spiro atoms. The Morgan fingerprint density at radius 3 is 2.19 bits per heavy atom. The number of halogens is 2. The van der Waals surface area contributed by atoms with Gasteiger partial charge in [0.25, 0.3) is 0 Å². The number of unbranched alkanes of at least 4 members (excludes halogenated alkanes) is 1. The summed E-state index contributed by atoms with van der Waals surface area (Å²) in [5, 5.41) is 0. The van der Waals surface area contributed by atoms with Gasteiger partial charge >= 0.3 is 0 Å². The molecule has 0 radical (unpaired) electrons. The van der Waals surface area contributed by atoms with Crippen molar-refractivity contribution in [1.82, 2.24) is 0 Å². The molecule has 2 nitrogen and oxygen atoms in total. The van der Waals surface area contributed by atoms with Gasteiger partial charge < -0.3 is 9.53 Å². The monoisotopic (exact) mass is 378 g/mol. The maximum Gasteiger partial charge on any atom is 0.200 e. The van der Waals surface area contributed by atoms with E-state index >= 15 is 0 Å². The summed E-state index contributed by atoms with van der Waals surface area (Å²) in [5.74, 6) is 0.220. The van der Waals surface area contributed by atoms with E-state index in [-0.39, 0.29) is 17.6 Å². The van der Waals surface area contributed by atoms with Gasteiger partial charge in [-0.3, -0.25) is 0 Å². The van der Waals surface area contributed by atoms with Gasteiger partial charge in [0.05, 0.1) is 6.61 Å². The first-order valence-electron chi connectivity index (χ1n) is 10.7. The average molecular weight is 379 g/mol. The number of ether oxygens (including phenoxy) is 1. The van der Waals surface area contributed by atoms with E-state index in [0.29, 0.717) is 24.0 Å². The van der Waals surface area contributed by atoms with Crippen molar-refractivity contribution < 1.29 is 18.3 Å². The molecule has 1 aromatic carbocycles. The first-order chi connectivity index (χ1) is 13.1. The Morgan fingerprint density at radius 1 is 0.963 bits per heavy atom. The Bertz CT molecular complexity index is 615. The molecule has 1 aromatic rings. The van der Waals surface area contributed by atoms with Gasteiger partial charge in [-0.1, -0.05) is 19.4 Å². The molecule has 0 bridgehead atoms. The third-order valence-electron chi connectivity index (χ3n) is 6.72. The van der Waals surface area contributed by atoms with E-state index < -0.39 is 11.6 Å². The Hall–Kier alpha value is -1.45. The zero-order chi connectivity index (χ0) is 19.2. The molecule has 0 saturated heterocycles. The molecule has 0 atom stereocenters. The molecule has 2 aliphatic rings. The Kier molecular flexibility index (Phi) is 7.26. The minimum atomic E-state index is -0.835. The van der Waals surface area contributed by atoms with Gasteiger partial charge in [0.2, 0.25) is 5.82 Å². The van der Waals surface area contributed by atoms with Crippen LogP contribution in [-0.4, -0.2) is 12.9 Å². The fourth-order valence-electron chi connectivity index (χ4n) is 4.95. The lowest BCUT2D eigenvalue weighted by Gasteiger charge is -2.37. The highest BCUT2D eigenvalue weighted by molar-refractivity contribution is 5.53. The quantitative estimate of drug-likeness (QED) is 0.404. The van der Waals surface area contributed by atoms with Gasteiger partial charge in [-0.15, -0.1) is 0 Å². The lowest BCUT2D eigenvalue weighted by molar-refractivity contribution is -0.112. The highest BCUT2D eigenvalue weighted by atomic mass is 19.2. The number of carbonyl (C=O) groups excluding carboxylic acids is 1. The van der Waals surface area contributed by atoms with Crippen molar-refractivity contribution in [3.8, 4) is 5.75 Å². The van der Waals surface area contributed by atoms with E-state index in [4.69, 9.17) is 4.74 Å². The summed E-state index contributed by atoms with van der Waals surface area (Å²) in [4.78, 5) is 10.9. The number of hydrogen-bond acceptors (Lipinski definition) is 2. The summed E-state index contributed by atoms with van der Waals surface area (Å²) in [6.07, 6.45) is 11.2. The van der Waals surface area contributed by atoms with Crippen LogP contribution in [-0.2, 0) is 4.79 Å². The second kappa shape index (κ2) is 9.66. The van der Waals surface area contributed by atoms with Crippen LogP contribution in [0, 0.1) is 29.4 Å². The zero-order valence-electron chi connectivity index (χ0n) is 16.4. The van der Waals surface area contributed by atoms with Crippen LogP contribution in [0.4, 0.5) is 8.78 Å². The molecule has 150 valence electrons. The maximum absolute atomic E-state index is 14.6. The van der Waals surface area contributed by atoms with E-state index in [0.717, 1.165) is 70.5 Å². The van der Waals surface area contributed by atoms with E-state index in [1.165, 1.54) is 0 Å². The fourth-order valence-corrected chi connectivity index (χ4v) is 4.95. The van der Waals surface area contributed by atoms with Crippen LogP contribution in [0.15, 0.2) is 12.1 Å². The van der Waals surface area contributed by atoms with E-state index in [1.54, 1.807) is 12.1 Å². The molecule has 4 heteroatoms. The van der Waals surface area contributed by atoms with Crippen LogP contribution < -0.4 is 4.74 Å². The van der Waals surface area contributed by atoms with E-state index in [9.17, 15) is 13.6 Å². The Labute approximate surface area is 161 Å². The smallest absolute Gasteiger partial charge is 0.200 e. The van der Waals surface area contributed by atoms with Crippen LogP contribution in [0.5, 0.6) is 5.75 Å². The first-order valence-corrected chi connectivity index (χ1v) is 10.7. The van der Waals surface area contributed by atoms with Crippen molar-refractivity contribution in [2.45, 2.75) is 77.0 Å². The minimum absolute atomic E-state index is 0.0327. The van der Waals surface area contributed by atoms with Gasteiger partial charge in [0, 0.05) is 5.92 Å². The van der Waals surface area contributed by atoms with Crippen molar-refractivity contribution in [2.24, 2.45) is 17.8 Å². The standard InChI is InChI=1S/C23H32F2O2/c1-2-3-14-27-21-13-12-20(22(24)23(21)25)19-10-8-18(9-11-19)17-6-4-16(15-26)5-7-17/h12-13,15-19H,2-11,14H2,1H3/t16-,17-,18?,19?. The summed E-state index contributed by atoms with van der Waals surface area (Å²) < 4.78 is 34.3. The molecule has 0 unspecified atom stereocenters. The van der Waals surface area contributed by atoms with Gasteiger partial charge in [0.15, 0.2) is 11.6 Å². The van der Waals surface area contributed by atoms with Crippen molar-refractivity contribution in [2.75, 3.05) is 6.61 Å². The number of hydrogen-bond donors (Lipinski definition) is 0.